The lowest BCUT2D eigenvalue weighted by atomic mass is 9.98. The molecule has 2 aliphatic heterocycles. The maximum atomic E-state index is 13.4. The first-order valence-corrected chi connectivity index (χ1v) is 12.9. The van der Waals surface area contributed by atoms with Gasteiger partial charge >= 0.3 is 11.9 Å². The number of carbonyl (C=O) groups excluding carboxylic acids is 3. The normalized spacial score (nSPS) is 23.4. The van der Waals surface area contributed by atoms with Crippen molar-refractivity contribution in [2.45, 2.75) is 56.9 Å². The third kappa shape index (κ3) is 4.98. The molecule has 198 valence electrons. The van der Waals surface area contributed by atoms with Crippen LogP contribution >= 0.6 is 0 Å². The SMILES string of the molecule is CO[C@H]1C(=O)N2C(c3nnnn3C(C(=O)OC(C)(C)C)c3ccccc3)C(COC(C)=O)=CS(=O)(=O)[C@@H]12. The molecule has 1 aromatic carbocycles. The number of hydrogen-bond donors (Lipinski definition) is 0. The number of sulfone groups is 1. The molecule has 0 spiro atoms. The van der Waals surface area contributed by atoms with E-state index >= 15 is 0 Å². The number of amides is 1. The fraction of sp³-hybridized carbons (Fsp3) is 0.478. The smallest absolute Gasteiger partial charge is 0.336 e. The number of β-lactam (4-membered cyclic amide) rings is 1. The van der Waals surface area contributed by atoms with Crippen LogP contribution < -0.4 is 0 Å². The molecule has 2 unspecified atom stereocenters. The summed E-state index contributed by atoms with van der Waals surface area (Å²) < 4.78 is 43.1. The molecule has 4 atom stereocenters. The molecular formula is C23H27N5O8S. The van der Waals surface area contributed by atoms with Crippen LogP contribution in [0.25, 0.3) is 0 Å². The van der Waals surface area contributed by atoms with Crippen LogP contribution in [0, 0.1) is 0 Å². The maximum Gasteiger partial charge on any atom is 0.336 e. The van der Waals surface area contributed by atoms with Crippen molar-refractivity contribution < 1.29 is 37.0 Å². The molecular weight excluding hydrogens is 506 g/mol. The number of nitrogens with zero attached hydrogens (tertiary/aromatic N) is 5. The van der Waals surface area contributed by atoms with Crippen molar-refractivity contribution in [3.8, 4) is 0 Å². The van der Waals surface area contributed by atoms with Gasteiger partial charge in [-0.1, -0.05) is 30.3 Å². The van der Waals surface area contributed by atoms with E-state index in [9.17, 15) is 22.8 Å². The van der Waals surface area contributed by atoms with Gasteiger partial charge in [0.05, 0.1) is 0 Å². The van der Waals surface area contributed by atoms with Crippen molar-refractivity contribution in [3.63, 3.8) is 0 Å². The molecule has 0 radical (unpaired) electrons. The van der Waals surface area contributed by atoms with E-state index in [0.717, 1.165) is 10.3 Å². The molecule has 0 N–H and O–H groups in total. The average Bonchev–Trinajstić information content (AvgIpc) is 3.26. The van der Waals surface area contributed by atoms with Gasteiger partial charge in [0.2, 0.25) is 0 Å². The first-order chi connectivity index (χ1) is 17.4. The summed E-state index contributed by atoms with van der Waals surface area (Å²) in [6.07, 6.45) is -1.22. The molecule has 13 nitrogen and oxygen atoms in total. The van der Waals surface area contributed by atoms with E-state index < -0.39 is 63.5 Å². The number of benzene rings is 1. The summed E-state index contributed by atoms with van der Waals surface area (Å²) in [5.74, 6) is -1.94. The van der Waals surface area contributed by atoms with Crippen molar-refractivity contribution in [1.82, 2.24) is 25.1 Å². The van der Waals surface area contributed by atoms with Crippen molar-refractivity contribution in [2.75, 3.05) is 13.7 Å². The lowest BCUT2D eigenvalue weighted by Gasteiger charge is -2.50. The lowest BCUT2D eigenvalue weighted by Crippen LogP contribution is -2.70. The zero-order valence-corrected chi connectivity index (χ0v) is 21.7. The molecule has 3 heterocycles. The number of aromatic nitrogens is 4. The van der Waals surface area contributed by atoms with E-state index in [-0.39, 0.29) is 11.4 Å². The highest BCUT2D eigenvalue weighted by Crippen LogP contribution is 2.44. The van der Waals surface area contributed by atoms with Crippen molar-refractivity contribution >= 4 is 27.7 Å². The predicted molar refractivity (Wildman–Crippen MR) is 126 cm³/mol. The van der Waals surface area contributed by atoms with Crippen LogP contribution in [0.3, 0.4) is 0 Å². The van der Waals surface area contributed by atoms with Crippen molar-refractivity contribution in [1.29, 1.82) is 0 Å². The van der Waals surface area contributed by atoms with Crippen molar-refractivity contribution in [2.24, 2.45) is 0 Å². The van der Waals surface area contributed by atoms with Gasteiger partial charge in [-0.2, -0.15) is 0 Å². The van der Waals surface area contributed by atoms with Crippen LogP contribution in [-0.2, 0) is 38.4 Å². The second-order valence-corrected chi connectivity index (χ2v) is 11.5. The molecule has 0 saturated carbocycles. The lowest BCUT2D eigenvalue weighted by molar-refractivity contribution is -0.167. The molecule has 2 aromatic rings. The molecule has 1 aromatic heterocycles. The summed E-state index contributed by atoms with van der Waals surface area (Å²) in [6.45, 7) is 5.88. The number of methoxy groups -OCH3 is 1. The van der Waals surface area contributed by atoms with Crippen LogP contribution in [0.2, 0.25) is 0 Å². The Balaban J connectivity index is 1.87. The second-order valence-electron chi connectivity index (χ2n) is 9.59. The highest BCUT2D eigenvalue weighted by atomic mass is 32.2. The molecule has 0 bridgehead atoms. The Hall–Kier alpha value is -3.65. The maximum absolute atomic E-state index is 13.4. The molecule has 37 heavy (non-hydrogen) atoms. The van der Waals surface area contributed by atoms with Crippen LogP contribution in [-0.4, -0.2) is 82.2 Å². The zero-order valence-electron chi connectivity index (χ0n) is 20.9. The van der Waals surface area contributed by atoms with E-state index in [1.165, 1.54) is 18.7 Å². The average molecular weight is 534 g/mol. The van der Waals surface area contributed by atoms with E-state index in [4.69, 9.17) is 14.2 Å². The van der Waals surface area contributed by atoms with Gasteiger partial charge in [0.25, 0.3) is 5.91 Å². The summed E-state index contributed by atoms with van der Waals surface area (Å²) in [5.41, 5.74) is -0.288. The number of rotatable bonds is 7. The number of esters is 2. The van der Waals surface area contributed by atoms with Gasteiger partial charge in [-0.3, -0.25) is 9.59 Å². The molecule has 1 fully saturated rings. The van der Waals surface area contributed by atoms with E-state index in [0.29, 0.717) is 5.56 Å². The molecule has 4 rings (SSSR count). The first-order valence-electron chi connectivity index (χ1n) is 11.3. The fourth-order valence-corrected chi connectivity index (χ4v) is 6.20. The zero-order chi connectivity index (χ0) is 27.1. The summed E-state index contributed by atoms with van der Waals surface area (Å²) in [6, 6.07) is 6.31. The number of ether oxygens (including phenoxy) is 3. The highest BCUT2D eigenvalue weighted by Gasteiger charge is 2.61. The third-order valence-electron chi connectivity index (χ3n) is 5.76. The summed E-state index contributed by atoms with van der Waals surface area (Å²) >= 11 is 0. The highest BCUT2D eigenvalue weighted by molar-refractivity contribution is 7.95. The molecule has 2 aliphatic rings. The minimum absolute atomic E-state index is 0.0130. The quantitative estimate of drug-likeness (QED) is 0.364. The Bertz CT molecular complexity index is 1350. The topological polar surface area (TPSA) is 160 Å². The van der Waals surface area contributed by atoms with Gasteiger partial charge in [-0.15, -0.1) is 5.10 Å². The van der Waals surface area contributed by atoms with Gasteiger partial charge in [0.15, 0.2) is 33.2 Å². The first kappa shape index (κ1) is 26.4. The Kier molecular flexibility index (Phi) is 6.90. The van der Waals surface area contributed by atoms with Crippen LogP contribution in [0.5, 0.6) is 0 Å². The fourth-order valence-electron chi connectivity index (χ4n) is 4.33. The number of fused-ring (bicyclic) bond motifs is 1. The minimum atomic E-state index is -4.01. The monoisotopic (exact) mass is 533 g/mol. The van der Waals surface area contributed by atoms with Crippen LogP contribution in [0.1, 0.15) is 51.2 Å². The summed E-state index contributed by atoms with van der Waals surface area (Å²) in [4.78, 5) is 39.0. The Morgan fingerprint density at radius 2 is 1.84 bits per heavy atom. The van der Waals surface area contributed by atoms with Gasteiger partial charge in [0.1, 0.15) is 18.2 Å². The predicted octanol–water partition coefficient (Wildman–Crippen LogP) is 0.704. The van der Waals surface area contributed by atoms with Gasteiger partial charge in [-0.05, 0) is 36.8 Å². The Morgan fingerprint density at radius 1 is 1.16 bits per heavy atom. The van der Waals surface area contributed by atoms with Crippen molar-refractivity contribution in [3.05, 3.63) is 52.7 Å². The van der Waals surface area contributed by atoms with E-state index in [1.54, 1.807) is 51.1 Å². The second kappa shape index (κ2) is 9.67. The van der Waals surface area contributed by atoms with Crippen LogP contribution in [0.4, 0.5) is 0 Å². The number of carbonyl (C=O) groups is 3. The van der Waals surface area contributed by atoms with Gasteiger partial charge < -0.3 is 19.1 Å². The van der Waals surface area contributed by atoms with Crippen LogP contribution in [0.15, 0.2) is 41.3 Å². The molecule has 14 heteroatoms. The Morgan fingerprint density at radius 3 is 2.43 bits per heavy atom. The van der Waals surface area contributed by atoms with E-state index in [1.807, 2.05) is 0 Å². The number of hydrogen-bond acceptors (Lipinski definition) is 11. The standard InChI is InChI=1S/C23H27N5O8S/c1-13(29)35-11-15-12-37(32,33)21-18(34-5)20(30)27(21)16(15)19-24-25-26-28(19)17(14-9-7-6-8-10-14)22(31)36-23(2,3)4/h6-10,12,16-18,21H,11H2,1-5H3/t16?,17?,18-,21-/m0/s1. The third-order valence-corrected chi connectivity index (χ3v) is 7.54. The summed E-state index contributed by atoms with van der Waals surface area (Å²) in [5, 5.41) is 11.5. The molecule has 0 aliphatic carbocycles. The molecule has 1 amide bonds. The Labute approximate surface area is 213 Å². The molecule has 1 saturated heterocycles. The van der Waals surface area contributed by atoms with Gasteiger partial charge in [0, 0.05) is 25.0 Å². The summed E-state index contributed by atoms with van der Waals surface area (Å²) in [7, 11) is -2.77. The minimum Gasteiger partial charge on any atom is -0.461 e. The van der Waals surface area contributed by atoms with E-state index in [2.05, 4.69) is 15.5 Å². The van der Waals surface area contributed by atoms with Gasteiger partial charge in [-0.25, -0.2) is 17.9 Å². The largest absolute Gasteiger partial charge is 0.461 e. The number of tetrazole rings is 1.